The molecular weight excluding hydrogens is 295 g/mol. The average molecular weight is 309 g/mol. The molecule has 20 heavy (non-hydrogen) atoms. The quantitative estimate of drug-likeness (QED) is 0.724. The zero-order valence-corrected chi connectivity index (χ0v) is 12.7. The Morgan fingerprint density at radius 3 is 2.35 bits per heavy atom. The molecule has 2 rings (SSSR count). The summed E-state index contributed by atoms with van der Waals surface area (Å²) in [7, 11) is 3.26. The molecule has 0 radical (unpaired) electrons. The fourth-order valence-electron chi connectivity index (χ4n) is 1.80. The number of hydrogen-bond acceptors (Lipinski definition) is 2. The minimum atomic E-state index is 0.534. The van der Waals surface area contributed by atoms with Crippen molar-refractivity contribution in [3.05, 3.63) is 57.6 Å². The average Bonchev–Trinajstić information content (AvgIpc) is 2.48. The maximum atomic E-state index is 6.15. The van der Waals surface area contributed by atoms with Crippen LogP contribution < -0.4 is 9.47 Å². The van der Waals surface area contributed by atoms with Crippen molar-refractivity contribution in [1.29, 1.82) is 0 Å². The minimum Gasteiger partial charge on any atom is -0.497 e. The molecule has 0 aromatic heterocycles. The number of rotatable bonds is 4. The van der Waals surface area contributed by atoms with Crippen LogP contribution in [0.3, 0.4) is 0 Å². The van der Waals surface area contributed by atoms with Crippen molar-refractivity contribution >= 4 is 35.4 Å². The van der Waals surface area contributed by atoms with Gasteiger partial charge in [0.15, 0.2) is 0 Å². The molecule has 0 atom stereocenters. The van der Waals surface area contributed by atoms with E-state index in [1.807, 2.05) is 42.5 Å². The predicted molar refractivity (Wildman–Crippen MR) is 84.9 cm³/mol. The molecule has 0 amide bonds. The number of methoxy groups -OCH3 is 2. The van der Waals surface area contributed by atoms with Crippen LogP contribution in [-0.2, 0) is 0 Å². The van der Waals surface area contributed by atoms with Crippen LogP contribution in [0.5, 0.6) is 11.5 Å². The van der Waals surface area contributed by atoms with Crippen LogP contribution in [0, 0.1) is 0 Å². The molecule has 0 N–H and O–H groups in total. The molecular formula is C16H14Cl2O2. The molecule has 2 aromatic rings. The molecule has 0 saturated carbocycles. The number of halogens is 2. The van der Waals surface area contributed by atoms with E-state index in [9.17, 15) is 0 Å². The van der Waals surface area contributed by atoms with Gasteiger partial charge in [-0.1, -0.05) is 47.5 Å². The van der Waals surface area contributed by atoms with Crippen LogP contribution in [-0.4, -0.2) is 14.2 Å². The third-order valence-corrected chi connectivity index (χ3v) is 3.69. The minimum absolute atomic E-state index is 0.534. The number of benzene rings is 2. The van der Waals surface area contributed by atoms with E-state index in [0.717, 1.165) is 22.6 Å². The van der Waals surface area contributed by atoms with Gasteiger partial charge in [-0.15, -0.1) is 0 Å². The molecule has 2 aromatic carbocycles. The molecule has 0 saturated heterocycles. The summed E-state index contributed by atoms with van der Waals surface area (Å²) in [6.07, 6.45) is 3.81. The Bertz CT molecular complexity index is 636. The van der Waals surface area contributed by atoms with Gasteiger partial charge < -0.3 is 9.47 Å². The summed E-state index contributed by atoms with van der Waals surface area (Å²) in [5, 5.41) is 1.07. The highest BCUT2D eigenvalue weighted by Gasteiger charge is 2.04. The van der Waals surface area contributed by atoms with Crippen LogP contribution in [0.15, 0.2) is 36.4 Å². The van der Waals surface area contributed by atoms with Crippen molar-refractivity contribution in [3.63, 3.8) is 0 Å². The van der Waals surface area contributed by atoms with Crippen LogP contribution >= 0.6 is 23.2 Å². The van der Waals surface area contributed by atoms with Gasteiger partial charge in [0.25, 0.3) is 0 Å². The summed E-state index contributed by atoms with van der Waals surface area (Å²) in [5.41, 5.74) is 1.76. The van der Waals surface area contributed by atoms with E-state index in [-0.39, 0.29) is 0 Å². The van der Waals surface area contributed by atoms with Crippen LogP contribution in [0.2, 0.25) is 10.0 Å². The summed E-state index contributed by atoms with van der Waals surface area (Å²) < 4.78 is 10.5. The Labute approximate surface area is 128 Å². The van der Waals surface area contributed by atoms with Gasteiger partial charge in [0.05, 0.1) is 24.3 Å². The maximum absolute atomic E-state index is 6.15. The van der Waals surface area contributed by atoms with E-state index < -0.39 is 0 Å². The third kappa shape index (κ3) is 3.27. The zero-order chi connectivity index (χ0) is 14.5. The topological polar surface area (TPSA) is 18.5 Å². The van der Waals surface area contributed by atoms with E-state index in [1.165, 1.54) is 0 Å². The molecule has 4 heteroatoms. The van der Waals surface area contributed by atoms with Crippen molar-refractivity contribution in [2.45, 2.75) is 0 Å². The van der Waals surface area contributed by atoms with Gasteiger partial charge >= 0.3 is 0 Å². The van der Waals surface area contributed by atoms with Crippen molar-refractivity contribution < 1.29 is 9.47 Å². The van der Waals surface area contributed by atoms with Gasteiger partial charge in [-0.05, 0) is 29.8 Å². The maximum Gasteiger partial charge on any atom is 0.126 e. The van der Waals surface area contributed by atoms with Crippen molar-refractivity contribution in [2.75, 3.05) is 14.2 Å². The SMILES string of the molecule is COc1ccc(OC)c(/C=C/c2cccc(Cl)c2Cl)c1. The van der Waals surface area contributed by atoms with E-state index >= 15 is 0 Å². The van der Waals surface area contributed by atoms with E-state index in [0.29, 0.717) is 10.0 Å². The van der Waals surface area contributed by atoms with Crippen molar-refractivity contribution in [2.24, 2.45) is 0 Å². The highest BCUT2D eigenvalue weighted by molar-refractivity contribution is 6.42. The fraction of sp³-hybridized carbons (Fsp3) is 0.125. The largest absolute Gasteiger partial charge is 0.497 e. The van der Waals surface area contributed by atoms with Gasteiger partial charge in [0.2, 0.25) is 0 Å². The van der Waals surface area contributed by atoms with Gasteiger partial charge in [0, 0.05) is 5.56 Å². The first-order chi connectivity index (χ1) is 9.65. The van der Waals surface area contributed by atoms with E-state index in [1.54, 1.807) is 20.3 Å². The first-order valence-electron chi connectivity index (χ1n) is 6.00. The molecule has 0 heterocycles. The highest BCUT2D eigenvalue weighted by atomic mass is 35.5. The molecule has 0 spiro atoms. The number of ether oxygens (including phenoxy) is 2. The highest BCUT2D eigenvalue weighted by Crippen LogP contribution is 2.29. The molecule has 0 bridgehead atoms. The summed E-state index contributed by atoms with van der Waals surface area (Å²) in [5.74, 6) is 1.53. The van der Waals surface area contributed by atoms with E-state index in [2.05, 4.69) is 0 Å². The molecule has 0 fully saturated rings. The lowest BCUT2D eigenvalue weighted by atomic mass is 10.1. The summed E-state index contributed by atoms with van der Waals surface area (Å²) in [4.78, 5) is 0. The Balaban J connectivity index is 2.37. The lowest BCUT2D eigenvalue weighted by Gasteiger charge is -2.07. The first-order valence-corrected chi connectivity index (χ1v) is 6.75. The molecule has 0 aliphatic rings. The third-order valence-electron chi connectivity index (χ3n) is 2.86. The van der Waals surface area contributed by atoms with Crippen LogP contribution in [0.4, 0.5) is 0 Å². The van der Waals surface area contributed by atoms with Gasteiger partial charge in [0.1, 0.15) is 11.5 Å². The molecule has 2 nitrogen and oxygen atoms in total. The second-order valence-electron chi connectivity index (χ2n) is 4.08. The Morgan fingerprint density at radius 2 is 1.65 bits per heavy atom. The number of hydrogen-bond donors (Lipinski definition) is 0. The molecule has 0 aliphatic heterocycles. The lowest BCUT2D eigenvalue weighted by molar-refractivity contribution is 0.402. The lowest BCUT2D eigenvalue weighted by Crippen LogP contribution is -1.89. The summed E-state index contributed by atoms with van der Waals surface area (Å²) in [6, 6.07) is 11.1. The van der Waals surface area contributed by atoms with Gasteiger partial charge in [-0.2, -0.15) is 0 Å². The standard InChI is InChI=1S/C16H14Cl2O2/c1-19-13-8-9-15(20-2)12(10-13)7-6-11-4-3-5-14(17)16(11)18/h3-10H,1-2H3/b7-6+. The van der Waals surface area contributed by atoms with Gasteiger partial charge in [-0.3, -0.25) is 0 Å². The summed E-state index contributed by atoms with van der Waals surface area (Å²) in [6.45, 7) is 0. The van der Waals surface area contributed by atoms with E-state index in [4.69, 9.17) is 32.7 Å². The Hall–Kier alpha value is -1.64. The second-order valence-corrected chi connectivity index (χ2v) is 4.87. The Morgan fingerprint density at radius 1 is 0.900 bits per heavy atom. The summed E-state index contributed by atoms with van der Waals surface area (Å²) >= 11 is 12.1. The second kappa shape index (κ2) is 6.69. The Kier molecular flexibility index (Phi) is 4.94. The monoisotopic (exact) mass is 308 g/mol. The first kappa shape index (κ1) is 14.8. The van der Waals surface area contributed by atoms with Crippen molar-refractivity contribution in [3.8, 4) is 11.5 Å². The molecule has 0 aliphatic carbocycles. The van der Waals surface area contributed by atoms with Crippen LogP contribution in [0.25, 0.3) is 12.2 Å². The zero-order valence-electron chi connectivity index (χ0n) is 11.2. The predicted octanol–water partition coefficient (Wildman–Crippen LogP) is 5.18. The molecule has 104 valence electrons. The van der Waals surface area contributed by atoms with Crippen LogP contribution in [0.1, 0.15) is 11.1 Å². The normalized spacial score (nSPS) is 10.8. The van der Waals surface area contributed by atoms with Gasteiger partial charge in [-0.25, -0.2) is 0 Å². The smallest absolute Gasteiger partial charge is 0.126 e. The molecule has 0 unspecified atom stereocenters. The van der Waals surface area contributed by atoms with Crippen molar-refractivity contribution in [1.82, 2.24) is 0 Å². The fourth-order valence-corrected chi connectivity index (χ4v) is 2.17.